The molecule has 0 radical (unpaired) electrons. The summed E-state index contributed by atoms with van der Waals surface area (Å²) in [6, 6.07) is 17.3. The summed E-state index contributed by atoms with van der Waals surface area (Å²) in [7, 11) is 0. The monoisotopic (exact) mass is 719 g/mol. The molecule has 4 aliphatic rings. The van der Waals surface area contributed by atoms with Gasteiger partial charge in [0, 0.05) is 37.1 Å². The molecule has 0 saturated carbocycles. The molecule has 5 bridgehead atoms. The Labute approximate surface area is 289 Å². The topological polar surface area (TPSA) is 125 Å². The molecule has 254 valence electrons. The van der Waals surface area contributed by atoms with Crippen LogP contribution < -0.4 is 5.32 Å². The number of rotatable bonds is 8. The van der Waals surface area contributed by atoms with Crippen molar-refractivity contribution in [2.75, 3.05) is 19.7 Å². The van der Waals surface area contributed by atoms with Gasteiger partial charge in [0.1, 0.15) is 29.8 Å². The van der Waals surface area contributed by atoms with Gasteiger partial charge in [0.25, 0.3) is 0 Å². The van der Waals surface area contributed by atoms with Gasteiger partial charge in [-0.15, -0.1) is 0 Å². The fraction of sp³-hybridized carbons (Fsp3) is 0.459. The van der Waals surface area contributed by atoms with E-state index in [-0.39, 0.29) is 43.8 Å². The molecule has 0 aliphatic carbocycles. The summed E-state index contributed by atoms with van der Waals surface area (Å²) in [6.45, 7) is 2.66. The van der Waals surface area contributed by atoms with E-state index in [9.17, 15) is 24.3 Å². The average molecular weight is 721 g/mol. The molecular weight excluding hydrogens is 678 g/mol. The number of ether oxygens (including phenoxy) is 2. The van der Waals surface area contributed by atoms with E-state index >= 15 is 0 Å². The van der Waals surface area contributed by atoms with Gasteiger partial charge in [-0.3, -0.25) is 19.2 Å². The van der Waals surface area contributed by atoms with Gasteiger partial charge in [-0.2, -0.15) is 0 Å². The Kier molecular flexibility index (Phi) is 10.5. The Morgan fingerprint density at radius 2 is 1.67 bits per heavy atom. The highest BCUT2D eigenvalue weighted by Crippen LogP contribution is 2.59. The minimum Gasteiger partial charge on any atom is -0.455 e. The number of halogens is 1. The summed E-state index contributed by atoms with van der Waals surface area (Å²) < 4.78 is 13.5. The lowest BCUT2D eigenvalue weighted by atomic mass is 9.74. The Bertz CT molecular complexity index is 1570. The first-order chi connectivity index (χ1) is 23.2. The van der Waals surface area contributed by atoms with Crippen molar-refractivity contribution in [3.05, 3.63) is 94.5 Å². The van der Waals surface area contributed by atoms with Crippen LogP contribution in [0.4, 0.5) is 0 Å². The van der Waals surface area contributed by atoms with Crippen LogP contribution in [0.2, 0.25) is 0 Å². The average Bonchev–Trinajstić information content (AvgIpc) is 3.68. The number of nitrogens with one attached hydrogen (secondary N) is 1. The number of carbonyl (C=O) groups excluding carboxylic acids is 4. The molecule has 0 aromatic heterocycles. The molecule has 10 nitrogen and oxygen atoms in total. The Morgan fingerprint density at radius 3 is 2.40 bits per heavy atom. The van der Waals surface area contributed by atoms with Crippen LogP contribution >= 0.6 is 15.9 Å². The summed E-state index contributed by atoms with van der Waals surface area (Å²) in [5, 5.41) is 12.4. The molecule has 3 amide bonds. The second-order valence-electron chi connectivity index (χ2n) is 13.0. The molecular formula is C37H42BrN3O7. The summed E-state index contributed by atoms with van der Waals surface area (Å²) in [5.74, 6) is -3.42. The minimum absolute atomic E-state index is 0.0376. The number of hydrogen-bond acceptors (Lipinski definition) is 7. The van der Waals surface area contributed by atoms with E-state index in [1.54, 1.807) is 16.7 Å². The number of aliphatic hydroxyl groups is 1. The van der Waals surface area contributed by atoms with Crippen LogP contribution in [0, 0.1) is 11.8 Å². The molecule has 2 saturated heterocycles. The number of hydrogen-bond donors (Lipinski definition) is 2. The largest absolute Gasteiger partial charge is 0.455 e. The van der Waals surface area contributed by atoms with E-state index in [1.807, 2.05) is 78.9 Å². The van der Waals surface area contributed by atoms with Crippen LogP contribution in [0.15, 0.2) is 83.4 Å². The SMILES string of the molecule is C[C@@H]1NC(=O)CC/C=C\CN(Cc2ccccc2)C(=O)[C@H]2N(CCCCCO)C(=O)[C@@H]3[C@@H](C(=O)O[C@H]1c1ccccc1)[C@@H]1O[C@@]32C=C1Br. The molecule has 0 unspecified atom stereocenters. The maximum Gasteiger partial charge on any atom is 0.313 e. The summed E-state index contributed by atoms with van der Waals surface area (Å²) >= 11 is 3.62. The van der Waals surface area contributed by atoms with Gasteiger partial charge in [0.15, 0.2) is 0 Å². The highest BCUT2D eigenvalue weighted by Gasteiger charge is 2.74. The number of esters is 1. The zero-order valence-corrected chi connectivity index (χ0v) is 28.6. The van der Waals surface area contributed by atoms with Gasteiger partial charge in [0.2, 0.25) is 17.7 Å². The van der Waals surface area contributed by atoms with E-state index in [4.69, 9.17) is 9.47 Å². The molecule has 2 fully saturated rings. The summed E-state index contributed by atoms with van der Waals surface area (Å²) in [6.07, 6.45) is 6.46. The third-order valence-corrected chi connectivity index (χ3v) is 10.4. The number of nitrogens with zero attached hydrogens (tertiary/aromatic N) is 2. The number of likely N-dealkylation sites (tertiary alicyclic amines) is 1. The van der Waals surface area contributed by atoms with E-state index in [2.05, 4.69) is 21.2 Å². The highest BCUT2D eigenvalue weighted by atomic mass is 79.9. The van der Waals surface area contributed by atoms with Gasteiger partial charge >= 0.3 is 5.97 Å². The number of aliphatic hydroxyl groups excluding tert-OH is 1. The zero-order valence-electron chi connectivity index (χ0n) is 27.0. The van der Waals surface area contributed by atoms with Crippen molar-refractivity contribution in [1.82, 2.24) is 15.1 Å². The Balaban J connectivity index is 1.42. The number of allylic oxidation sites excluding steroid dienone is 1. The molecule has 4 aliphatic heterocycles. The van der Waals surface area contributed by atoms with E-state index in [0.29, 0.717) is 42.3 Å². The lowest BCUT2D eigenvalue weighted by Crippen LogP contribution is -2.55. The lowest BCUT2D eigenvalue weighted by molar-refractivity contribution is -0.161. The molecule has 11 heteroatoms. The maximum absolute atomic E-state index is 14.8. The third-order valence-electron chi connectivity index (χ3n) is 9.76. The maximum atomic E-state index is 14.8. The number of unbranched alkanes of at least 4 members (excludes halogenated alkanes) is 2. The molecule has 7 atom stereocenters. The van der Waals surface area contributed by atoms with Gasteiger partial charge in [-0.1, -0.05) is 88.7 Å². The minimum atomic E-state index is -1.38. The van der Waals surface area contributed by atoms with Crippen molar-refractivity contribution in [3.63, 3.8) is 0 Å². The van der Waals surface area contributed by atoms with Gasteiger partial charge in [-0.25, -0.2) is 0 Å². The molecule has 2 aromatic carbocycles. The van der Waals surface area contributed by atoms with Gasteiger partial charge in [0.05, 0.1) is 12.0 Å². The number of amides is 3. The first-order valence-electron chi connectivity index (χ1n) is 16.7. The number of fused-ring (bicyclic) bond motifs is 2. The Hall–Kier alpha value is -3.80. The van der Waals surface area contributed by atoms with Crippen LogP contribution in [0.5, 0.6) is 0 Å². The highest BCUT2D eigenvalue weighted by molar-refractivity contribution is 9.11. The first-order valence-corrected chi connectivity index (χ1v) is 17.5. The van der Waals surface area contributed by atoms with Crippen LogP contribution in [0.3, 0.4) is 0 Å². The van der Waals surface area contributed by atoms with Gasteiger partial charge in [-0.05, 0) is 49.8 Å². The number of carbonyl (C=O) groups is 4. The van der Waals surface area contributed by atoms with Crippen molar-refractivity contribution in [1.29, 1.82) is 0 Å². The zero-order chi connectivity index (χ0) is 33.8. The quantitative estimate of drug-likeness (QED) is 0.238. The van der Waals surface area contributed by atoms with Crippen LogP contribution in [0.1, 0.15) is 56.3 Å². The summed E-state index contributed by atoms with van der Waals surface area (Å²) in [5.41, 5.74) is 0.249. The number of benzene rings is 2. The summed E-state index contributed by atoms with van der Waals surface area (Å²) in [4.78, 5) is 60.0. The fourth-order valence-electron chi connectivity index (χ4n) is 7.53. The Morgan fingerprint density at radius 1 is 0.938 bits per heavy atom. The molecule has 2 aromatic rings. The van der Waals surface area contributed by atoms with E-state index in [1.165, 1.54) is 0 Å². The second-order valence-corrected chi connectivity index (χ2v) is 13.9. The molecule has 48 heavy (non-hydrogen) atoms. The van der Waals surface area contributed by atoms with Crippen molar-refractivity contribution in [2.45, 2.75) is 75.5 Å². The molecule has 1 spiro atoms. The van der Waals surface area contributed by atoms with Crippen LogP contribution in [-0.2, 0) is 35.2 Å². The normalized spacial score (nSPS) is 31.4. The first kappa shape index (κ1) is 34.1. The lowest BCUT2D eigenvalue weighted by Gasteiger charge is -2.36. The van der Waals surface area contributed by atoms with Gasteiger partial charge < -0.3 is 29.7 Å². The smallest absolute Gasteiger partial charge is 0.313 e. The fourth-order valence-corrected chi connectivity index (χ4v) is 8.26. The predicted octanol–water partition coefficient (Wildman–Crippen LogP) is 4.19. The van der Waals surface area contributed by atoms with Crippen LogP contribution in [-0.4, -0.2) is 82.1 Å². The van der Waals surface area contributed by atoms with Crippen LogP contribution in [0.25, 0.3) is 0 Å². The van der Waals surface area contributed by atoms with Crippen molar-refractivity contribution < 1.29 is 33.8 Å². The third kappa shape index (κ3) is 6.60. The van der Waals surface area contributed by atoms with Crippen molar-refractivity contribution >= 4 is 39.6 Å². The molecule has 6 rings (SSSR count). The predicted molar refractivity (Wildman–Crippen MR) is 181 cm³/mol. The number of cyclic esters (lactones) is 1. The van der Waals surface area contributed by atoms with Crippen molar-refractivity contribution in [3.8, 4) is 0 Å². The molecule has 2 N–H and O–H groups in total. The standard InChI is InChI=1S/C37H42BrN3O7/c1-24-31(26-16-8-3-9-17-26)47-36(46)29-30-34(44)41(20-12-5-13-21-42)33(37(30)22-27(38)32(29)48-37)35(45)40(23-25-14-6-2-7-15-25)19-11-4-10-18-28(43)39-24/h2-4,6-9,11,14-17,22,24,29-33,42H,5,10,12-13,18-21,23H2,1H3,(H,39,43)/b11-4-/t24-,29+,30-,31+,32+,33+,37-/m0/s1. The molecule has 4 heterocycles. The second kappa shape index (κ2) is 14.8. The van der Waals surface area contributed by atoms with Crippen molar-refractivity contribution in [2.24, 2.45) is 11.8 Å². The van der Waals surface area contributed by atoms with E-state index < -0.39 is 47.7 Å². The van der Waals surface area contributed by atoms with E-state index in [0.717, 1.165) is 5.56 Å².